The summed E-state index contributed by atoms with van der Waals surface area (Å²) in [6, 6.07) is 11.9. The van der Waals surface area contributed by atoms with Gasteiger partial charge in [-0.1, -0.05) is 56.0 Å². The molecule has 1 aromatic carbocycles. The number of benzene rings is 1. The number of carbonyl (C=O) groups excluding carboxylic acids is 1. The SMILES string of the molecule is COc1ncc([Si](C)(C)C)cc1CNC1CCN(C(=O)[C@@H]2CCCC(F)(F)C2)C1c1ccccc1. The first kappa shape index (κ1) is 25.8. The van der Waals surface area contributed by atoms with Crippen LogP contribution in [0.5, 0.6) is 5.88 Å². The molecule has 1 aromatic heterocycles. The van der Waals surface area contributed by atoms with Gasteiger partial charge >= 0.3 is 0 Å². The van der Waals surface area contributed by atoms with Gasteiger partial charge in [-0.15, -0.1) is 0 Å². The maximum Gasteiger partial charge on any atom is 0.248 e. The Labute approximate surface area is 208 Å². The molecule has 1 aliphatic carbocycles. The molecule has 2 aliphatic rings. The Balaban J connectivity index is 1.56. The van der Waals surface area contributed by atoms with E-state index in [1.807, 2.05) is 41.4 Å². The van der Waals surface area contributed by atoms with E-state index in [-0.39, 0.29) is 30.8 Å². The van der Waals surface area contributed by atoms with Crippen LogP contribution in [-0.4, -0.2) is 49.5 Å². The van der Waals surface area contributed by atoms with Gasteiger partial charge < -0.3 is 15.0 Å². The lowest BCUT2D eigenvalue weighted by atomic mass is 9.85. The minimum Gasteiger partial charge on any atom is -0.481 e. The van der Waals surface area contributed by atoms with E-state index in [1.54, 1.807) is 7.11 Å². The number of aromatic nitrogens is 1. The molecular formula is C27H37F2N3O2Si. The number of pyridine rings is 1. The number of hydrogen-bond donors (Lipinski definition) is 1. The third-order valence-corrected chi connectivity index (χ3v) is 9.36. The number of nitrogens with one attached hydrogen (secondary N) is 1. The van der Waals surface area contributed by atoms with Crippen molar-refractivity contribution in [1.82, 2.24) is 15.2 Å². The second-order valence-electron chi connectivity index (χ2n) is 11.0. The van der Waals surface area contributed by atoms with Crippen LogP contribution in [0, 0.1) is 5.92 Å². The summed E-state index contributed by atoms with van der Waals surface area (Å²) in [5.74, 6) is -2.89. The fourth-order valence-corrected chi connectivity index (χ4v) is 6.45. The van der Waals surface area contributed by atoms with Crippen LogP contribution in [0.4, 0.5) is 8.78 Å². The molecule has 0 spiro atoms. The fourth-order valence-electron chi connectivity index (χ4n) is 5.39. The lowest BCUT2D eigenvalue weighted by Gasteiger charge is -2.35. The molecule has 1 saturated heterocycles. The van der Waals surface area contributed by atoms with Crippen molar-refractivity contribution in [3.05, 3.63) is 53.7 Å². The molecule has 1 amide bonds. The first-order valence-corrected chi connectivity index (χ1v) is 16.1. The molecule has 5 nitrogen and oxygen atoms in total. The van der Waals surface area contributed by atoms with E-state index in [0.717, 1.165) is 17.5 Å². The molecule has 4 rings (SSSR count). The Bertz CT molecular complexity index is 1030. The fraction of sp³-hybridized carbons (Fsp3) is 0.556. The molecular weight excluding hydrogens is 464 g/mol. The maximum atomic E-state index is 14.1. The Hall–Kier alpha value is -2.32. The molecule has 2 unspecified atom stereocenters. The van der Waals surface area contributed by atoms with E-state index in [2.05, 4.69) is 36.0 Å². The van der Waals surface area contributed by atoms with Crippen molar-refractivity contribution in [3.63, 3.8) is 0 Å². The van der Waals surface area contributed by atoms with Crippen LogP contribution in [0.2, 0.25) is 19.6 Å². The van der Waals surface area contributed by atoms with E-state index in [0.29, 0.717) is 31.8 Å². The number of methoxy groups -OCH3 is 1. The highest BCUT2D eigenvalue weighted by atomic mass is 28.3. The summed E-state index contributed by atoms with van der Waals surface area (Å²) >= 11 is 0. The predicted octanol–water partition coefficient (Wildman–Crippen LogP) is 4.89. The number of rotatable bonds is 7. The van der Waals surface area contributed by atoms with Gasteiger partial charge in [-0.05, 0) is 30.0 Å². The van der Waals surface area contributed by atoms with Crippen molar-refractivity contribution in [3.8, 4) is 5.88 Å². The Morgan fingerprint density at radius 2 is 1.97 bits per heavy atom. The zero-order valence-corrected chi connectivity index (χ0v) is 22.2. The molecule has 1 aliphatic heterocycles. The minimum absolute atomic E-state index is 0.00527. The smallest absolute Gasteiger partial charge is 0.248 e. The second-order valence-corrected chi connectivity index (χ2v) is 16.0. The molecule has 0 radical (unpaired) electrons. The summed E-state index contributed by atoms with van der Waals surface area (Å²) in [6.45, 7) is 7.98. The highest BCUT2D eigenvalue weighted by molar-refractivity contribution is 6.88. The average molecular weight is 502 g/mol. The van der Waals surface area contributed by atoms with Gasteiger partial charge in [-0.25, -0.2) is 13.8 Å². The van der Waals surface area contributed by atoms with Crippen molar-refractivity contribution in [2.24, 2.45) is 5.92 Å². The molecule has 2 heterocycles. The quantitative estimate of drug-likeness (QED) is 0.549. The molecule has 1 N–H and O–H groups in total. The van der Waals surface area contributed by atoms with Gasteiger partial charge in [0, 0.05) is 49.7 Å². The maximum absolute atomic E-state index is 14.1. The summed E-state index contributed by atoms with van der Waals surface area (Å²) in [6.07, 6.45) is 3.16. The van der Waals surface area contributed by atoms with Gasteiger partial charge in [0.05, 0.1) is 21.2 Å². The van der Waals surface area contributed by atoms with E-state index < -0.39 is 19.9 Å². The Morgan fingerprint density at radius 3 is 2.63 bits per heavy atom. The highest BCUT2D eigenvalue weighted by Gasteiger charge is 2.45. The topological polar surface area (TPSA) is 54.5 Å². The number of likely N-dealkylation sites (tertiary alicyclic amines) is 1. The monoisotopic (exact) mass is 501 g/mol. The third-order valence-electron chi connectivity index (χ3n) is 7.35. The number of nitrogens with zero attached hydrogens (tertiary/aromatic N) is 2. The molecule has 190 valence electrons. The molecule has 1 saturated carbocycles. The first-order chi connectivity index (χ1) is 16.6. The number of ether oxygens (including phenoxy) is 1. The molecule has 3 atom stereocenters. The lowest BCUT2D eigenvalue weighted by molar-refractivity contribution is -0.143. The number of amides is 1. The standard InChI is InChI=1S/C27H37F2N3O2Si/c1-34-25-21(15-22(18-31-25)35(2,3)4)17-30-23-12-14-32(24(23)19-9-6-5-7-10-19)26(33)20-11-8-13-27(28,29)16-20/h5-7,9-10,15,18,20,23-24,30H,8,11-14,16-17H2,1-4H3/t20-,23?,24?/m1/s1. The molecule has 0 bridgehead atoms. The van der Waals surface area contributed by atoms with Gasteiger partial charge in [0.1, 0.15) is 0 Å². The van der Waals surface area contributed by atoms with E-state index >= 15 is 0 Å². The average Bonchev–Trinajstić information content (AvgIpc) is 3.25. The predicted molar refractivity (Wildman–Crippen MR) is 137 cm³/mol. The Morgan fingerprint density at radius 1 is 1.23 bits per heavy atom. The minimum atomic E-state index is -2.75. The third kappa shape index (κ3) is 5.92. The van der Waals surface area contributed by atoms with Crippen LogP contribution < -0.4 is 15.2 Å². The summed E-state index contributed by atoms with van der Waals surface area (Å²) < 4.78 is 33.7. The normalized spacial score (nSPS) is 24.4. The van der Waals surface area contributed by atoms with Crippen molar-refractivity contribution < 1.29 is 18.3 Å². The van der Waals surface area contributed by atoms with Crippen molar-refractivity contribution in [2.75, 3.05) is 13.7 Å². The zero-order chi connectivity index (χ0) is 25.2. The van der Waals surface area contributed by atoms with Crippen molar-refractivity contribution >= 4 is 19.2 Å². The van der Waals surface area contributed by atoms with Gasteiger partial charge in [0.15, 0.2) is 0 Å². The summed E-state index contributed by atoms with van der Waals surface area (Å²) in [7, 11) is 0.0836. The van der Waals surface area contributed by atoms with Crippen LogP contribution >= 0.6 is 0 Å². The van der Waals surface area contributed by atoms with Crippen LogP contribution in [0.1, 0.15) is 49.3 Å². The van der Waals surface area contributed by atoms with E-state index in [1.165, 1.54) is 5.19 Å². The van der Waals surface area contributed by atoms with Crippen molar-refractivity contribution in [2.45, 2.75) is 76.3 Å². The van der Waals surface area contributed by atoms with Crippen LogP contribution in [0.25, 0.3) is 0 Å². The summed E-state index contributed by atoms with van der Waals surface area (Å²) in [4.78, 5) is 19.9. The van der Waals surface area contributed by atoms with Gasteiger partial charge in [0.2, 0.25) is 17.7 Å². The van der Waals surface area contributed by atoms with Gasteiger partial charge in [-0.2, -0.15) is 0 Å². The zero-order valence-electron chi connectivity index (χ0n) is 21.2. The van der Waals surface area contributed by atoms with Gasteiger partial charge in [-0.3, -0.25) is 4.79 Å². The van der Waals surface area contributed by atoms with Crippen LogP contribution in [-0.2, 0) is 11.3 Å². The Kier molecular flexibility index (Phi) is 7.62. The highest BCUT2D eigenvalue weighted by Crippen LogP contribution is 2.40. The molecule has 2 fully saturated rings. The lowest BCUT2D eigenvalue weighted by Crippen LogP contribution is -2.43. The first-order valence-electron chi connectivity index (χ1n) is 12.6. The summed E-state index contributed by atoms with van der Waals surface area (Å²) in [5, 5.41) is 4.92. The van der Waals surface area contributed by atoms with E-state index in [9.17, 15) is 13.6 Å². The molecule has 35 heavy (non-hydrogen) atoms. The number of carbonyl (C=O) groups is 1. The van der Waals surface area contributed by atoms with E-state index in [4.69, 9.17) is 4.74 Å². The number of alkyl halides is 2. The largest absolute Gasteiger partial charge is 0.481 e. The van der Waals surface area contributed by atoms with Crippen molar-refractivity contribution in [1.29, 1.82) is 0 Å². The molecule has 2 aromatic rings. The second kappa shape index (κ2) is 10.3. The molecule has 8 heteroatoms. The van der Waals surface area contributed by atoms with Crippen LogP contribution in [0.15, 0.2) is 42.6 Å². The number of hydrogen-bond acceptors (Lipinski definition) is 4. The summed E-state index contributed by atoms with van der Waals surface area (Å²) in [5.41, 5.74) is 2.02. The van der Waals surface area contributed by atoms with Crippen LogP contribution in [0.3, 0.4) is 0 Å². The van der Waals surface area contributed by atoms with Gasteiger partial charge in [0.25, 0.3) is 0 Å². The number of halogens is 2.